The second-order valence-corrected chi connectivity index (χ2v) is 5.65. The van der Waals surface area contributed by atoms with Crippen molar-refractivity contribution in [2.45, 2.75) is 11.7 Å². The minimum absolute atomic E-state index is 0.493. The van der Waals surface area contributed by atoms with Crippen LogP contribution in [0, 0.1) is 0 Å². The Balaban J connectivity index is 1.54. The molecule has 5 heteroatoms. The van der Waals surface area contributed by atoms with E-state index in [1.807, 2.05) is 48.5 Å². The fourth-order valence-corrected chi connectivity index (χ4v) is 2.81. The summed E-state index contributed by atoms with van der Waals surface area (Å²) in [5.74, 6) is 1.70. The van der Waals surface area contributed by atoms with Gasteiger partial charge in [-0.3, -0.25) is 0 Å². The summed E-state index contributed by atoms with van der Waals surface area (Å²) in [4.78, 5) is 7.82. The van der Waals surface area contributed by atoms with E-state index in [0.717, 1.165) is 33.3 Å². The van der Waals surface area contributed by atoms with Crippen LogP contribution >= 0.6 is 11.8 Å². The van der Waals surface area contributed by atoms with Gasteiger partial charge in [-0.2, -0.15) is 0 Å². The van der Waals surface area contributed by atoms with E-state index in [4.69, 9.17) is 10.5 Å². The molecule has 0 saturated carbocycles. The van der Waals surface area contributed by atoms with Gasteiger partial charge in [0.1, 0.15) is 5.75 Å². The summed E-state index contributed by atoms with van der Waals surface area (Å²) < 4.78 is 5.78. The van der Waals surface area contributed by atoms with Gasteiger partial charge >= 0.3 is 0 Å². The molecular weight excluding hydrogens is 282 g/mol. The minimum atomic E-state index is 0.493. The lowest BCUT2D eigenvalue weighted by Crippen LogP contribution is -2.05. The summed E-state index contributed by atoms with van der Waals surface area (Å²) in [7, 11) is 0. The Bertz CT molecular complexity index is 693. The average Bonchev–Trinajstić information content (AvgIpc) is 2.94. The normalized spacial score (nSPS) is 10.9. The first-order valence-electron chi connectivity index (χ1n) is 6.85. The molecule has 0 aliphatic rings. The standard InChI is InChI=1S/C16H17N3OS/c17-11-12-5-1-4-8-15(12)20-9-10-21-16-18-13-6-2-3-7-14(13)19-16/h1-8H,9-11,17H2,(H,18,19). The summed E-state index contributed by atoms with van der Waals surface area (Å²) in [6, 6.07) is 15.9. The Morgan fingerprint density at radius 1 is 1.10 bits per heavy atom. The molecular formula is C16H17N3OS. The summed E-state index contributed by atoms with van der Waals surface area (Å²) in [5.41, 5.74) is 8.78. The number of fused-ring (bicyclic) bond motifs is 1. The van der Waals surface area contributed by atoms with Crippen molar-refractivity contribution >= 4 is 22.8 Å². The van der Waals surface area contributed by atoms with Crippen molar-refractivity contribution in [3.8, 4) is 5.75 Å². The average molecular weight is 299 g/mol. The smallest absolute Gasteiger partial charge is 0.166 e. The summed E-state index contributed by atoms with van der Waals surface area (Å²) >= 11 is 1.66. The third-order valence-corrected chi connectivity index (χ3v) is 3.98. The van der Waals surface area contributed by atoms with Crippen LogP contribution in [-0.4, -0.2) is 22.3 Å². The van der Waals surface area contributed by atoms with Crippen LogP contribution in [0.2, 0.25) is 0 Å². The first-order valence-corrected chi connectivity index (χ1v) is 7.83. The van der Waals surface area contributed by atoms with Crippen LogP contribution in [0.25, 0.3) is 11.0 Å². The number of thioether (sulfide) groups is 1. The zero-order valence-corrected chi connectivity index (χ0v) is 12.4. The predicted octanol–water partition coefficient (Wildman–Crippen LogP) is 3.19. The van der Waals surface area contributed by atoms with E-state index in [-0.39, 0.29) is 0 Å². The van der Waals surface area contributed by atoms with Crippen LogP contribution in [0.15, 0.2) is 53.7 Å². The minimum Gasteiger partial charge on any atom is -0.492 e. The molecule has 1 aromatic heterocycles. The van der Waals surface area contributed by atoms with Gasteiger partial charge in [0.15, 0.2) is 5.16 Å². The van der Waals surface area contributed by atoms with E-state index < -0.39 is 0 Å². The molecule has 4 nitrogen and oxygen atoms in total. The second-order valence-electron chi connectivity index (χ2n) is 4.57. The van der Waals surface area contributed by atoms with Crippen molar-refractivity contribution in [3.63, 3.8) is 0 Å². The van der Waals surface area contributed by atoms with Crippen molar-refractivity contribution in [3.05, 3.63) is 54.1 Å². The summed E-state index contributed by atoms with van der Waals surface area (Å²) in [6.07, 6.45) is 0. The zero-order valence-electron chi connectivity index (χ0n) is 11.6. The van der Waals surface area contributed by atoms with E-state index in [1.165, 1.54) is 0 Å². The number of ether oxygens (including phenoxy) is 1. The van der Waals surface area contributed by atoms with Gasteiger partial charge in [-0.1, -0.05) is 42.1 Å². The number of H-pyrrole nitrogens is 1. The number of nitrogens with two attached hydrogens (primary N) is 1. The second kappa shape index (κ2) is 6.65. The Hall–Kier alpha value is -1.98. The van der Waals surface area contributed by atoms with E-state index in [0.29, 0.717) is 13.2 Å². The monoisotopic (exact) mass is 299 g/mol. The van der Waals surface area contributed by atoms with Gasteiger partial charge in [-0.25, -0.2) is 4.98 Å². The van der Waals surface area contributed by atoms with Gasteiger partial charge in [0, 0.05) is 17.9 Å². The van der Waals surface area contributed by atoms with E-state index >= 15 is 0 Å². The van der Waals surface area contributed by atoms with Gasteiger partial charge in [0.2, 0.25) is 0 Å². The number of hydrogen-bond acceptors (Lipinski definition) is 4. The highest BCUT2D eigenvalue weighted by Crippen LogP contribution is 2.20. The molecule has 108 valence electrons. The molecule has 0 spiro atoms. The number of hydrogen-bond donors (Lipinski definition) is 2. The third-order valence-electron chi connectivity index (χ3n) is 3.14. The van der Waals surface area contributed by atoms with Crippen molar-refractivity contribution in [2.75, 3.05) is 12.4 Å². The molecule has 3 aromatic rings. The van der Waals surface area contributed by atoms with Crippen molar-refractivity contribution in [2.24, 2.45) is 5.73 Å². The lowest BCUT2D eigenvalue weighted by atomic mass is 10.2. The van der Waals surface area contributed by atoms with Crippen LogP contribution < -0.4 is 10.5 Å². The zero-order chi connectivity index (χ0) is 14.5. The first-order chi connectivity index (χ1) is 10.4. The van der Waals surface area contributed by atoms with Crippen LogP contribution in [-0.2, 0) is 6.54 Å². The molecule has 0 aliphatic heterocycles. The Labute approximate surface area is 127 Å². The molecule has 0 atom stereocenters. The predicted molar refractivity (Wildman–Crippen MR) is 86.6 cm³/mol. The van der Waals surface area contributed by atoms with Crippen molar-refractivity contribution in [1.82, 2.24) is 9.97 Å². The van der Waals surface area contributed by atoms with Gasteiger partial charge < -0.3 is 15.5 Å². The topological polar surface area (TPSA) is 63.9 Å². The summed E-state index contributed by atoms with van der Waals surface area (Å²) in [6.45, 7) is 1.12. The molecule has 0 unspecified atom stereocenters. The molecule has 0 aliphatic carbocycles. The van der Waals surface area contributed by atoms with Crippen LogP contribution in [0.1, 0.15) is 5.56 Å². The maximum atomic E-state index is 5.78. The molecule has 21 heavy (non-hydrogen) atoms. The Morgan fingerprint density at radius 3 is 2.76 bits per heavy atom. The maximum Gasteiger partial charge on any atom is 0.166 e. The van der Waals surface area contributed by atoms with E-state index in [9.17, 15) is 0 Å². The van der Waals surface area contributed by atoms with Gasteiger partial charge in [0.05, 0.1) is 17.6 Å². The highest BCUT2D eigenvalue weighted by atomic mass is 32.2. The molecule has 0 amide bonds. The molecule has 3 N–H and O–H groups in total. The number of benzene rings is 2. The highest BCUT2D eigenvalue weighted by molar-refractivity contribution is 7.99. The quantitative estimate of drug-likeness (QED) is 0.542. The Morgan fingerprint density at radius 2 is 1.90 bits per heavy atom. The summed E-state index contributed by atoms with van der Waals surface area (Å²) in [5, 5.41) is 0.923. The van der Waals surface area contributed by atoms with Crippen LogP contribution in [0.4, 0.5) is 0 Å². The fraction of sp³-hybridized carbons (Fsp3) is 0.188. The third kappa shape index (κ3) is 3.37. The molecule has 0 saturated heterocycles. The van der Waals surface area contributed by atoms with Crippen molar-refractivity contribution in [1.29, 1.82) is 0 Å². The number of aromatic amines is 1. The Kier molecular flexibility index (Phi) is 4.43. The van der Waals surface area contributed by atoms with Crippen LogP contribution in [0.3, 0.4) is 0 Å². The fourth-order valence-electron chi connectivity index (χ4n) is 2.10. The lowest BCUT2D eigenvalue weighted by molar-refractivity contribution is 0.340. The largest absolute Gasteiger partial charge is 0.492 e. The number of rotatable bonds is 6. The molecule has 0 bridgehead atoms. The number of imidazole rings is 1. The highest BCUT2D eigenvalue weighted by Gasteiger charge is 2.04. The lowest BCUT2D eigenvalue weighted by Gasteiger charge is -2.09. The molecule has 3 rings (SSSR count). The SMILES string of the molecule is NCc1ccccc1OCCSc1nc2ccccc2[nH]1. The first kappa shape index (κ1) is 14.0. The number of nitrogens with zero attached hydrogens (tertiary/aromatic N) is 1. The number of para-hydroxylation sites is 3. The van der Waals surface area contributed by atoms with E-state index in [1.54, 1.807) is 11.8 Å². The van der Waals surface area contributed by atoms with Gasteiger partial charge in [0.25, 0.3) is 0 Å². The maximum absolute atomic E-state index is 5.78. The molecule has 2 aromatic carbocycles. The molecule has 1 heterocycles. The number of aromatic nitrogens is 2. The molecule has 0 fully saturated rings. The molecule has 0 radical (unpaired) electrons. The number of nitrogens with one attached hydrogen (secondary N) is 1. The van der Waals surface area contributed by atoms with Crippen molar-refractivity contribution < 1.29 is 4.74 Å². The van der Waals surface area contributed by atoms with Gasteiger partial charge in [-0.05, 0) is 18.2 Å². The van der Waals surface area contributed by atoms with Gasteiger partial charge in [-0.15, -0.1) is 0 Å². The van der Waals surface area contributed by atoms with Crippen LogP contribution in [0.5, 0.6) is 5.75 Å². The van der Waals surface area contributed by atoms with E-state index in [2.05, 4.69) is 9.97 Å².